The van der Waals surface area contributed by atoms with E-state index in [-0.39, 0.29) is 22.3 Å². The third-order valence-corrected chi connectivity index (χ3v) is 8.64. The van der Waals surface area contributed by atoms with Gasteiger partial charge in [-0.3, -0.25) is 0 Å². The quantitative estimate of drug-likeness (QED) is 0.176. The summed E-state index contributed by atoms with van der Waals surface area (Å²) >= 11 is 0. The van der Waals surface area contributed by atoms with E-state index in [0.29, 0.717) is 0 Å². The van der Waals surface area contributed by atoms with Crippen molar-refractivity contribution in [3.05, 3.63) is 168 Å². The summed E-state index contributed by atoms with van der Waals surface area (Å²) in [7, 11) is 0. The third kappa shape index (κ3) is 3.85. The number of hydrogen-bond donors (Lipinski definition) is 0. The van der Waals surface area contributed by atoms with Gasteiger partial charge in [-0.1, -0.05) is 147 Å². The molecule has 0 unspecified atom stereocenters. The van der Waals surface area contributed by atoms with Gasteiger partial charge in [0, 0.05) is 16.2 Å². The lowest BCUT2D eigenvalue weighted by Gasteiger charge is -2.21. The number of furan rings is 1. The predicted molar refractivity (Wildman–Crippen MR) is 203 cm³/mol. The molecule has 0 aliphatic heterocycles. The number of benzene rings is 8. The molecule has 8 aromatic carbocycles. The fourth-order valence-electron chi connectivity index (χ4n) is 6.40. The van der Waals surface area contributed by atoms with Crippen molar-refractivity contribution >= 4 is 43.5 Å². The first-order valence-electron chi connectivity index (χ1n) is 27.7. The van der Waals surface area contributed by atoms with Crippen molar-refractivity contribution < 1.29 is 40.1 Å². The standard InChI is InChI=1S/C47H32O/c1-47(2)41-17-9-7-11-33(41)39-27-31(23-25-42(39)47)29-19-21-30(22-20-29)45-35-13-3-5-15-37(35)46(38-16-6-4-14-36(38)45)32-24-26-44-40(28-32)34-12-8-10-18-43(34)48-44/h3-28H,1-2H3/i3D,4D,5D,6D,7D,8D,9D,10D,11D,12D,13D,14D,15D,16D,17D,18D,19D,20D,21D,22D,23D,24D,25D,26D,27D,28D. The van der Waals surface area contributed by atoms with Crippen LogP contribution in [-0.2, 0) is 5.41 Å². The molecular weight excluding hydrogens is 581 g/mol. The first kappa shape index (κ1) is 12.0. The molecular formula is C47H32O. The van der Waals surface area contributed by atoms with Crippen LogP contribution in [0.5, 0.6) is 0 Å². The summed E-state index contributed by atoms with van der Waals surface area (Å²) in [6.07, 6.45) is 0. The van der Waals surface area contributed by atoms with E-state index in [1.807, 2.05) is 0 Å². The van der Waals surface area contributed by atoms with Crippen LogP contribution in [0.4, 0.5) is 0 Å². The molecule has 0 bridgehead atoms. The number of hydrogen-bond acceptors (Lipinski definition) is 1. The van der Waals surface area contributed by atoms with Gasteiger partial charge in [0.15, 0.2) is 0 Å². The first-order chi connectivity index (χ1) is 34.4. The van der Waals surface area contributed by atoms with E-state index in [4.69, 9.17) is 22.2 Å². The van der Waals surface area contributed by atoms with Crippen LogP contribution in [0.15, 0.2) is 162 Å². The summed E-state index contributed by atoms with van der Waals surface area (Å²) in [4.78, 5) is 0. The lowest BCUT2D eigenvalue weighted by atomic mass is 9.82. The lowest BCUT2D eigenvalue weighted by molar-refractivity contribution is 0.660. The zero-order chi connectivity index (χ0) is 54.6. The van der Waals surface area contributed by atoms with E-state index in [1.54, 1.807) is 13.8 Å². The minimum Gasteiger partial charge on any atom is -0.456 e. The summed E-state index contributed by atoms with van der Waals surface area (Å²) in [5.74, 6) is 0. The average Bonchev–Trinajstić information content (AvgIpc) is 3.88. The monoisotopic (exact) mass is 638 g/mol. The summed E-state index contributed by atoms with van der Waals surface area (Å²) < 4.78 is 241. The Morgan fingerprint density at radius 2 is 0.896 bits per heavy atom. The number of rotatable bonds is 3. The van der Waals surface area contributed by atoms with Gasteiger partial charge in [0.25, 0.3) is 0 Å². The van der Waals surface area contributed by atoms with Gasteiger partial charge in [0.05, 0.1) is 35.6 Å². The molecule has 1 heteroatoms. The molecule has 1 aliphatic carbocycles. The molecule has 48 heavy (non-hydrogen) atoms. The van der Waals surface area contributed by atoms with Gasteiger partial charge in [0.2, 0.25) is 0 Å². The maximum absolute atomic E-state index is 9.65. The van der Waals surface area contributed by atoms with E-state index in [1.165, 1.54) is 0 Å². The van der Waals surface area contributed by atoms with Gasteiger partial charge < -0.3 is 4.42 Å². The Labute approximate surface area is 316 Å². The van der Waals surface area contributed by atoms with Gasteiger partial charge in [-0.15, -0.1) is 0 Å². The van der Waals surface area contributed by atoms with Crippen LogP contribution in [-0.4, -0.2) is 0 Å². The molecule has 10 rings (SSSR count). The molecule has 0 spiro atoms. The number of fused-ring (bicyclic) bond motifs is 8. The maximum Gasteiger partial charge on any atom is 0.135 e. The van der Waals surface area contributed by atoms with E-state index in [9.17, 15) is 17.8 Å². The van der Waals surface area contributed by atoms with Crippen molar-refractivity contribution in [3.8, 4) is 44.5 Å². The fraction of sp³-hybridized carbons (Fsp3) is 0.0638. The smallest absolute Gasteiger partial charge is 0.135 e. The first-order valence-corrected chi connectivity index (χ1v) is 14.7. The van der Waals surface area contributed by atoms with E-state index in [0.717, 1.165) is 0 Å². The Morgan fingerprint density at radius 1 is 0.396 bits per heavy atom. The lowest BCUT2D eigenvalue weighted by Crippen LogP contribution is -2.14. The maximum atomic E-state index is 9.65. The van der Waals surface area contributed by atoms with Crippen molar-refractivity contribution in [1.82, 2.24) is 0 Å². The van der Waals surface area contributed by atoms with Crippen LogP contribution >= 0.6 is 0 Å². The van der Waals surface area contributed by atoms with Crippen LogP contribution < -0.4 is 0 Å². The van der Waals surface area contributed by atoms with Crippen molar-refractivity contribution in [1.29, 1.82) is 0 Å². The van der Waals surface area contributed by atoms with Crippen molar-refractivity contribution in [3.63, 3.8) is 0 Å². The molecule has 9 aromatic rings. The third-order valence-electron chi connectivity index (χ3n) is 8.64. The molecule has 1 nitrogen and oxygen atoms in total. The molecule has 1 aliphatic rings. The van der Waals surface area contributed by atoms with Crippen molar-refractivity contribution in [2.24, 2.45) is 0 Å². The minimum atomic E-state index is -1.38. The zero-order valence-electron chi connectivity index (χ0n) is 50.9. The topological polar surface area (TPSA) is 13.1 Å². The predicted octanol–water partition coefficient (Wildman–Crippen LogP) is 13.2. The van der Waals surface area contributed by atoms with Gasteiger partial charge >= 0.3 is 0 Å². The normalized spacial score (nSPS) is 21.0. The zero-order valence-corrected chi connectivity index (χ0v) is 24.9. The summed E-state index contributed by atoms with van der Waals surface area (Å²) in [6.45, 7) is 3.10. The van der Waals surface area contributed by atoms with Crippen LogP contribution in [0, 0.1) is 0 Å². The Morgan fingerprint density at radius 3 is 1.60 bits per heavy atom. The second-order valence-electron chi connectivity index (χ2n) is 11.6. The van der Waals surface area contributed by atoms with Gasteiger partial charge in [-0.2, -0.15) is 0 Å². The van der Waals surface area contributed by atoms with Crippen molar-refractivity contribution in [2.75, 3.05) is 0 Å². The molecule has 0 radical (unpaired) electrons. The van der Waals surface area contributed by atoms with Crippen LogP contribution in [0.25, 0.3) is 88.0 Å². The summed E-state index contributed by atoms with van der Waals surface area (Å²) in [5, 5.41) is -3.66. The van der Waals surface area contributed by atoms with Crippen LogP contribution in [0.3, 0.4) is 0 Å². The highest BCUT2D eigenvalue weighted by Gasteiger charge is 2.35. The Balaban J connectivity index is 1.41. The Kier molecular flexibility index (Phi) is 2.50. The molecule has 0 amide bonds. The molecule has 1 aromatic heterocycles. The van der Waals surface area contributed by atoms with Gasteiger partial charge in [-0.25, -0.2) is 0 Å². The average molecular weight is 639 g/mol. The molecule has 0 atom stereocenters. The van der Waals surface area contributed by atoms with Crippen LogP contribution in [0.2, 0.25) is 0 Å². The molecule has 0 saturated heterocycles. The SMILES string of the molecule is [2H]c1c([2H])c([2H])c2c(c1[2H])-c1c([2H])c(-c3c([2H])c([2H])c(-c4c5c([2H])c([2H])c([2H])c([2H])c5c(-c5c([2H])c([2H])c6oc7c([2H])c([2H])c([2H])c([2H])c7c6c5[2H])c5c([2H])c([2H])c([2H])c([2H])c45)c([2H])c3[2H])c([2H])c([2H])c1C2(C)C. The highest BCUT2D eigenvalue weighted by atomic mass is 16.3. The van der Waals surface area contributed by atoms with Crippen LogP contribution in [0.1, 0.15) is 60.6 Å². The van der Waals surface area contributed by atoms with E-state index in [2.05, 4.69) is 0 Å². The van der Waals surface area contributed by atoms with E-state index < -0.39 is 239 Å². The minimum absolute atomic E-state index is 0.0169. The van der Waals surface area contributed by atoms with Crippen molar-refractivity contribution in [2.45, 2.75) is 19.3 Å². The molecule has 1 heterocycles. The second kappa shape index (κ2) is 10.0. The Hall–Kier alpha value is -5.92. The Bertz CT molecular complexity index is 4120. The van der Waals surface area contributed by atoms with Gasteiger partial charge in [0.1, 0.15) is 11.2 Å². The fourth-order valence-corrected chi connectivity index (χ4v) is 6.40. The van der Waals surface area contributed by atoms with E-state index >= 15 is 0 Å². The molecule has 226 valence electrons. The highest BCUT2D eigenvalue weighted by molar-refractivity contribution is 6.22. The summed E-state index contributed by atoms with van der Waals surface area (Å²) in [5.41, 5.74) is -7.13. The number of para-hydroxylation sites is 1. The largest absolute Gasteiger partial charge is 0.456 e. The summed E-state index contributed by atoms with van der Waals surface area (Å²) in [6, 6.07) is -21.6. The molecule has 0 fully saturated rings. The molecule has 0 N–H and O–H groups in total. The highest BCUT2D eigenvalue weighted by Crippen LogP contribution is 2.50. The molecule has 0 saturated carbocycles. The second-order valence-corrected chi connectivity index (χ2v) is 11.6. The van der Waals surface area contributed by atoms with Gasteiger partial charge in [-0.05, 0) is 101 Å².